The summed E-state index contributed by atoms with van der Waals surface area (Å²) in [6.45, 7) is 6.17. The third-order valence-electron chi connectivity index (χ3n) is 2.26. The SMILES string of the molecule is CCCCOC(=O)CC(=O)C(OC)C(C)C. The smallest absolute Gasteiger partial charge is 0.313 e. The van der Waals surface area contributed by atoms with E-state index in [1.165, 1.54) is 7.11 Å². The highest BCUT2D eigenvalue weighted by Gasteiger charge is 2.24. The molecule has 0 spiro atoms. The summed E-state index contributed by atoms with van der Waals surface area (Å²) in [4.78, 5) is 22.9. The van der Waals surface area contributed by atoms with Crippen molar-refractivity contribution in [1.82, 2.24) is 0 Å². The van der Waals surface area contributed by atoms with Gasteiger partial charge in [-0.1, -0.05) is 27.2 Å². The van der Waals surface area contributed by atoms with Gasteiger partial charge in [0.2, 0.25) is 0 Å². The molecule has 0 aliphatic rings. The topological polar surface area (TPSA) is 52.6 Å². The minimum absolute atomic E-state index is 0.0703. The molecule has 4 nitrogen and oxygen atoms in total. The summed E-state index contributed by atoms with van der Waals surface area (Å²) < 4.78 is 9.95. The lowest BCUT2D eigenvalue weighted by atomic mass is 10.0. The molecule has 4 heteroatoms. The summed E-state index contributed by atoms with van der Waals surface area (Å²) in [7, 11) is 1.48. The third kappa shape index (κ3) is 5.85. The molecule has 0 aromatic carbocycles. The van der Waals surface area contributed by atoms with E-state index in [1.807, 2.05) is 20.8 Å². The van der Waals surface area contributed by atoms with Gasteiger partial charge in [-0.05, 0) is 12.3 Å². The highest BCUT2D eigenvalue weighted by atomic mass is 16.5. The van der Waals surface area contributed by atoms with Crippen LogP contribution in [0.25, 0.3) is 0 Å². The number of ether oxygens (including phenoxy) is 2. The zero-order valence-electron chi connectivity index (χ0n) is 10.6. The van der Waals surface area contributed by atoms with Gasteiger partial charge in [-0.2, -0.15) is 0 Å². The summed E-state index contributed by atoms with van der Waals surface area (Å²) in [6.07, 6.45) is 1.09. The van der Waals surface area contributed by atoms with Crippen LogP contribution in [0.4, 0.5) is 0 Å². The maximum Gasteiger partial charge on any atom is 0.313 e. The highest BCUT2D eigenvalue weighted by Crippen LogP contribution is 2.09. The Bertz CT molecular complexity index is 223. The fourth-order valence-electron chi connectivity index (χ4n) is 1.40. The number of methoxy groups -OCH3 is 1. The Kier molecular flexibility index (Phi) is 7.81. The van der Waals surface area contributed by atoms with Gasteiger partial charge in [0.25, 0.3) is 0 Å². The zero-order chi connectivity index (χ0) is 12.6. The summed E-state index contributed by atoms with van der Waals surface area (Å²) in [5, 5.41) is 0. The second kappa shape index (κ2) is 8.28. The van der Waals surface area contributed by atoms with Crippen molar-refractivity contribution in [2.75, 3.05) is 13.7 Å². The molecular weight excluding hydrogens is 208 g/mol. The number of ketones is 1. The van der Waals surface area contributed by atoms with Crippen molar-refractivity contribution in [3.8, 4) is 0 Å². The van der Waals surface area contributed by atoms with Crippen molar-refractivity contribution in [1.29, 1.82) is 0 Å². The summed E-state index contributed by atoms with van der Waals surface area (Å²) >= 11 is 0. The maximum absolute atomic E-state index is 11.6. The molecule has 0 aromatic heterocycles. The quantitative estimate of drug-likeness (QED) is 0.363. The first-order chi connectivity index (χ1) is 7.52. The molecule has 1 unspecified atom stereocenters. The van der Waals surface area contributed by atoms with Crippen molar-refractivity contribution in [3.63, 3.8) is 0 Å². The van der Waals surface area contributed by atoms with Crippen LogP contribution in [0.2, 0.25) is 0 Å². The van der Waals surface area contributed by atoms with Crippen LogP contribution in [-0.4, -0.2) is 31.6 Å². The Morgan fingerprint density at radius 1 is 1.25 bits per heavy atom. The number of hydrogen-bond donors (Lipinski definition) is 0. The minimum atomic E-state index is -0.515. The van der Waals surface area contributed by atoms with Crippen molar-refractivity contribution < 1.29 is 19.1 Å². The molecule has 0 aliphatic carbocycles. The maximum atomic E-state index is 11.6. The predicted molar refractivity (Wildman–Crippen MR) is 61.1 cm³/mol. The lowest BCUT2D eigenvalue weighted by Gasteiger charge is -2.17. The Morgan fingerprint density at radius 2 is 1.88 bits per heavy atom. The van der Waals surface area contributed by atoms with Gasteiger partial charge in [0.1, 0.15) is 12.5 Å². The lowest BCUT2D eigenvalue weighted by molar-refractivity contribution is -0.149. The van der Waals surface area contributed by atoms with Gasteiger partial charge in [0, 0.05) is 7.11 Å². The van der Waals surface area contributed by atoms with E-state index in [1.54, 1.807) is 0 Å². The van der Waals surface area contributed by atoms with Crippen LogP contribution in [0, 0.1) is 5.92 Å². The summed E-state index contributed by atoms with van der Waals surface area (Å²) in [6, 6.07) is 0. The van der Waals surface area contributed by atoms with Gasteiger partial charge in [0.05, 0.1) is 6.61 Å². The van der Waals surface area contributed by atoms with Gasteiger partial charge in [-0.25, -0.2) is 0 Å². The van der Waals surface area contributed by atoms with Crippen molar-refractivity contribution in [2.24, 2.45) is 5.92 Å². The Hall–Kier alpha value is -0.900. The van der Waals surface area contributed by atoms with E-state index in [9.17, 15) is 9.59 Å². The van der Waals surface area contributed by atoms with Crippen LogP contribution in [0.5, 0.6) is 0 Å². The van der Waals surface area contributed by atoms with Gasteiger partial charge in [0.15, 0.2) is 5.78 Å². The Labute approximate surface area is 97.3 Å². The standard InChI is InChI=1S/C12H22O4/c1-5-6-7-16-11(14)8-10(13)12(15-4)9(2)3/h9,12H,5-8H2,1-4H3. The van der Waals surface area contributed by atoms with E-state index < -0.39 is 12.1 Å². The third-order valence-corrected chi connectivity index (χ3v) is 2.26. The monoisotopic (exact) mass is 230 g/mol. The first-order valence-corrected chi connectivity index (χ1v) is 5.74. The summed E-state index contributed by atoms with van der Waals surface area (Å²) in [5.74, 6) is -0.596. The number of esters is 1. The molecule has 0 amide bonds. The van der Waals surface area contributed by atoms with Gasteiger partial charge < -0.3 is 9.47 Å². The van der Waals surface area contributed by atoms with E-state index in [0.717, 1.165) is 12.8 Å². The molecule has 0 saturated carbocycles. The van der Waals surface area contributed by atoms with Gasteiger partial charge in [-0.15, -0.1) is 0 Å². The molecule has 0 heterocycles. The fourth-order valence-corrected chi connectivity index (χ4v) is 1.40. The molecule has 0 bridgehead atoms. The number of carbonyl (C=O) groups is 2. The van der Waals surface area contributed by atoms with Crippen LogP contribution in [0.3, 0.4) is 0 Å². The lowest BCUT2D eigenvalue weighted by Crippen LogP contribution is -2.30. The molecule has 0 aromatic rings. The van der Waals surface area contributed by atoms with Crippen LogP contribution in [-0.2, 0) is 19.1 Å². The zero-order valence-corrected chi connectivity index (χ0v) is 10.6. The van der Waals surface area contributed by atoms with Crippen LogP contribution in [0.1, 0.15) is 40.0 Å². The average molecular weight is 230 g/mol. The van der Waals surface area contributed by atoms with E-state index in [0.29, 0.717) is 6.61 Å². The van der Waals surface area contributed by atoms with E-state index in [-0.39, 0.29) is 18.1 Å². The van der Waals surface area contributed by atoms with Crippen LogP contribution < -0.4 is 0 Å². The molecule has 94 valence electrons. The second-order valence-electron chi connectivity index (χ2n) is 4.12. The van der Waals surface area contributed by atoms with E-state index in [4.69, 9.17) is 9.47 Å². The van der Waals surface area contributed by atoms with Gasteiger partial charge in [-0.3, -0.25) is 9.59 Å². The molecule has 0 N–H and O–H groups in total. The van der Waals surface area contributed by atoms with Crippen molar-refractivity contribution in [2.45, 2.75) is 46.1 Å². The number of hydrogen-bond acceptors (Lipinski definition) is 4. The molecule has 16 heavy (non-hydrogen) atoms. The molecule has 0 rings (SSSR count). The van der Waals surface area contributed by atoms with Crippen LogP contribution >= 0.6 is 0 Å². The largest absolute Gasteiger partial charge is 0.465 e. The summed E-state index contributed by atoms with van der Waals surface area (Å²) in [5.41, 5.74) is 0. The number of Topliss-reactive ketones (excluding diaryl/α,β-unsaturated/α-hetero) is 1. The fraction of sp³-hybridized carbons (Fsp3) is 0.833. The molecular formula is C12H22O4. The molecule has 0 fully saturated rings. The predicted octanol–water partition coefficient (Wildman–Crippen LogP) is 1.96. The van der Waals surface area contributed by atoms with E-state index >= 15 is 0 Å². The first-order valence-electron chi connectivity index (χ1n) is 5.74. The number of carbonyl (C=O) groups excluding carboxylic acids is 2. The Morgan fingerprint density at radius 3 is 2.31 bits per heavy atom. The number of rotatable bonds is 8. The van der Waals surface area contributed by atoms with E-state index in [2.05, 4.69) is 0 Å². The second-order valence-corrected chi connectivity index (χ2v) is 4.12. The average Bonchev–Trinajstić information content (AvgIpc) is 2.18. The first kappa shape index (κ1) is 15.1. The molecule has 0 aliphatic heterocycles. The van der Waals surface area contributed by atoms with Gasteiger partial charge >= 0.3 is 5.97 Å². The van der Waals surface area contributed by atoms with Crippen molar-refractivity contribution >= 4 is 11.8 Å². The highest BCUT2D eigenvalue weighted by molar-refractivity contribution is 5.98. The minimum Gasteiger partial charge on any atom is -0.465 e. The molecule has 0 saturated heterocycles. The molecule has 0 radical (unpaired) electrons. The van der Waals surface area contributed by atoms with Crippen LogP contribution in [0.15, 0.2) is 0 Å². The normalized spacial score (nSPS) is 12.6. The van der Waals surface area contributed by atoms with Crippen molar-refractivity contribution in [3.05, 3.63) is 0 Å². The number of unbranched alkanes of at least 4 members (excludes halogenated alkanes) is 1. The molecule has 1 atom stereocenters. The Balaban J connectivity index is 3.97.